The van der Waals surface area contributed by atoms with Crippen molar-refractivity contribution in [3.8, 4) is 5.75 Å². The lowest BCUT2D eigenvalue weighted by Gasteiger charge is -2.09. The van der Waals surface area contributed by atoms with Crippen LogP contribution in [0.3, 0.4) is 0 Å². The summed E-state index contributed by atoms with van der Waals surface area (Å²) in [5.74, 6) is 0.292. The zero-order valence-electron chi connectivity index (χ0n) is 11.3. The van der Waals surface area contributed by atoms with Crippen LogP contribution in [-0.2, 0) is 13.2 Å². The first-order valence-corrected chi connectivity index (χ1v) is 7.20. The normalized spacial score (nSPS) is 10.3. The van der Waals surface area contributed by atoms with Crippen LogP contribution in [0.1, 0.15) is 12.0 Å². The molecule has 1 aromatic heterocycles. The van der Waals surface area contributed by atoms with Gasteiger partial charge in [0.1, 0.15) is 6.61 Å². The molecular weight excluding hydrogens is 308 g/mol. The fraction of sp³-hybridized carbons (Fsp3) is 0.200. The van der Waals surface area contributed by atoms with E-state index in [0.29, 0.717) is 28.7 Å². The van der Waals surface area contributed by atoms with Crippen molar-refractivity contribution in [3.05, 3.63) is 63.5 Å². The summed E-state index contributed by atoms with van der Waals surface area (Å²) in [5, 5.41) is 0.637. The van der Waals surface area contributed by atoms with Crippen LogP contribution in [0.25, 0.3) is 0 Å². The fourth-order valence-electron chi connectivity index (χ4n) is 1.82. The first-order valence-electron chi connectivity index (χ1n) is 6.41. The Kier molecular flexibility index (Phi) is 5.36. The van der Waals surface area contributed by atoms with Crippen LogP contribution >= 0.6 is 23.8 Å². The van der Waals surface area contributed by atoms with E-state index in [1.165, 1.54) is 4.57 Å². The second-order valence-corrected chi connectivity index (χ2v) is 5.47. The Morgan fingerprint density at radius 3 is 2.86 bits per heavy atom. The number of halogens is 1. The molecule has 0 fully saturated rings. The van der Waals surface area contributed by atoms with Gasteiger partial charge in [-0.15, -0.1) is 0 Å². The second-order valence-electron chi connectivity index (χ2n) is 4.51. The minimum atomic E-state index is -0.198. The van der Waals surface area contributed by atoms with E-state index in [1.54, 1.807) is 30.5 Å². The van der Waals surface area contributed by atoms with Gasteiger partial charge in [-0.25, -0.2) is 0 Å². The SMILES string of the molecule is NC(=S)CCn1cccc(OCc2cccc(Cl)c2)c1=O. The van der Waals surface area contributed by atoms with Gasteiger partial charge in [0.2, 0.25) is 0 Å². The van der Waals surface area contributed by atoms with E-state index < -0.39 is 0 Å². The summed E-state index contributed by atoms with van der Waals surface area (Å²) in [7, 11) is 0. The number of aryl methyl sites for hydroxylation is 1. The Balaban J connectivity index is 2.08. The maximum absolute atomic E-state index is 12.2. The molecule has 0 aliphatic heterocycles. The maximum Gasteiger partial charge on any atom is 0.292 e. The molecule has 2 rings (SSSR count). The van der Waals surface area contributed by atoms with E-state index in [1.807, 2.05) is 12.1 Å². The third kappa shape index (κ3) is 4.58. The summed E-state index contributed by atoms with van der Waals surface area (Å²) < 4.78 is 7.10. The number of hydrogen-bond acceptors (Lipinski definition) is 3. The number of thiocarbonyl (C=S) groups is 1. The molecule has 1 aromatic carbocycles. The van der Waals surface area contributed by atoms with E-state index in [-0.39, 0.29) is 12.2 Å². The molecule has 0 aliphatic rings. The van der Waals surface area contributed by atoms with Crippen molar-refractivity contribution in [2.45, 2.75) is 19.6 Å². The zero-order chi connectivity index (χ0) is 15.2. The van der Waals surface area contributed by atoms with Crippen LogP contribution in [0.5, 0.6) is 5.75 Å². The van der Waals surface area contributed by atoms with Crippen LogP contribution in [0.15, 0.2) is 47.4 Å². The van der Waals surface area contributed by atoms with Gasteiger partial charge in [-0.1, -0.05) is 36.0 Å². The number of rotatable bonds is 6. The van der Waals surface area contributed by atoms with Crippen LogP contribution in [0.4, 0.5) is 0 Å². The summed E-state index contributed by atoms with van der Waals surface area (Å²) >= 11 is 10.7. The molecule has 0 radical (unpaired) electrons. The molecule has 2 aromatic rings. The van der Waals surface area contributed by atoms with Crippen LogP contribution in [0, 0.1) is 0 Å². The summed E-state index contributed by atoms with van der Waals surface area (Å²) in [5.41, 5.74) is 6.15. The highest BCUT2D eigenvalue weighted by Crippen LogP contribution is 2.13. The second kappa shape index (κ2) is 7.24. The lowest BCUT2D eigenvalue weighted by molar-refractivity contribution is 0.299. The molecule has 21 heavy (non-hydrogen) atoms. The average Bonchev–Trinajstić information content (AvgIpc) is 2.45. The number of hydrogen-bond donors (Lipinski definition) is 1. The zero-order valence-corrected chi connectivity index (χ0v) is 12.9. The summed E-state index contributed by atoms with van der Waals surface area (Å²) in [6.07, 6.45) is 2.17. The van der Waals surface area contributed by atoms with Crippen LogP contribution in [0.2, 0.25) is 5.02 Å². The quantitative estimate of drug-likeness (QED) is 0.831. The Morgan fingerprint density at radius 1 is 1.33 bits per heavy atom. The molecule has 0 saturated heterocycles. The van der Waals surface area contributed by atoms with Gasteiger partial charge in [0.15, 0.2) is 5.75 Å². The van der Waals surface area contributed by atoms with Gasteiger partial charge in [-0.05, 0) is 29.8 Å². The van der Waals surface area contributed by atoms with Gasteiger partial charge >= 0.3 is 0 Å². The number of pyridine rings is 1. The first kappa shape index (κ1) is 15.5. The molecule has 0 amide bonds. The molecule has 0 saturated carbocycles. The average molecular weight is 323 g/mol. The fourth-order valence-corrected chi connectivity index (χ4v) is 2.12. The minimum Gasteiger partial charge on any atom is -0.483 e. The number of ether oxygens (including phenoxy) is 1. The Hall–Kier alpha value is -1.85. The van der Waals surface area contributed by atoms with Crippen molar-refractivity contribution in [3.63, 3.8) is 0 Å². The van der Waals surface area contributed by atoms with E-state index in [4.69, 9.17) is 34.3 Å². The van der Waals surface area contributed by atoms with Gasteiger partial charge in [-0.3, -0.25) is 4.79 Å². The lowest BCUT2D eigenvalue weighted by Crippen LogP contribution is -2.23. The monoisotopic (exact) mass is 322 g/mol. The van der Waals surface area contributed by atoms with Crippen molar-refractivity contribution in [2.75, 3.05) is 0 Å². The Morgan fingerprint density at radius 2 is 2.14 bits per heavy atom. The van der Waals surface area contributed by atoms with E-state index >= 15 is 0 Å². The predicted octanol–water partition coefficient (Wildman–Crippen LogP) is 2.76. The van der Waals surface area contributed by atoms with Crippen molar-refractivity contribution in [1.82, 2.24) is 4.57 Å². The number of nitrogens with zero attached hydrogens (tertiary/aromatic N) is 1. The van der Waals surface area contributed by atoms with E-state index in [9.17, 15) is 4.79 Å². The molecule has 0 aliphatic carbocycles. The van der Waals surface area contributed by atoms with Gasteiger partial charge in [-0.2, -0.15) is 0 Å². The highest BCUT2D eigenvalue weighted by Gasteiger charge is 2.05. The number of aromatic nitrogens is 1. The Bertz CT molecular complexity index is 700. The standard InChI is InChI=1S/C15H15ClN2O2S/c16-12-4-1-3-11(9-12)10-20-13-5-2-7-18(15(13)19)8-6-14(17)21/h1-5,7,9H,6,8,10H2,(H2,17,21). The van der Waals surface area contributed by atoms with Crippen molar-refractivity contribution in [2.24, 2.45) is 5.73 Å². The van der Waals surface area contributed by atoms with Gasteiger partial charge in [0, 0.05) is 24.2 Å². The maximum atomic E-state index is 12.2. The Labute approximate surface area is 133 Å². The number of nitrogens with two attached hydrogens (primary N) is 1. The molecule has 110 valence electrons. The molecule has 0 bridgehead atoms. The van der Waals surface area contributed by atoms with E-state index in [2.05, 4.69) is 0 Å². The van der Waals surface area contributed by atoms with Crippen molar-refractivity contribution < 1.29 is 4.74 Å². The number of benzene rings is 1. The first-order chi connectivity index (χ1) is 10.1. The molecule has 6 heteroatoms. The molecule has 0 unspecified atom stereocenters. The molecule has 4 nitrogen and oxygen atoms in total. The minimum absolute atomic E-state index is 0.198. The lowest BCUT2D eigenvalue weighted by atomic mass is 10.2. The summed E-state index contributed by atoms with van der Waals surface area (Å²) in [6.45, 7) is 0.734. The predicted molar refractivity (Wildman–Crippen MR) is 87.9 cm³/mol. The van der Waals surface area contributed by atoms with Gasteiger partial charge in [0.05, 0.1) is 4.99 Å². The molecular formula is C15H15ClN2O2S. The topological polar surface area (TPSA) is 57.2 Å². The molecule has 2 N–H and O–H groups in total. The summed E-state index contributed by atoms with van der Waals surface area (Å²) in [6, 6.07) is 10.7. The summed E-state index contributed by atoms with van der Waals surface area (Å²) in [4.78, 5) is 12.6. The molecule has 0 spiro atoms. The molecule has 1 heterocycles. The van der Waals surface area contributed by atoms with Crippen molar-refractivity contribution >= 4 is 28.8 Å². The van der Waals surface area contributed by atoms with Crippen molar-refractivity contribution in [1.29, 1.82) is 0 Å². The highest BCUT2D eigenvalue weighted by atomic mass is 35.5. The largest absolute Gasteiger partial charge is 0.483 e. The third-order valence-electron chi connectivity index (χ3n) is 2.87. The van der Waals surface area contributed by atoms with E-state index in [0.717, 1.165) is 5.56 Å². The van der Waals surface area contributed by atoms with Gasteiger partial charge in [0.25, 0.3) is 5.56 Å². The highest BCUT2D eigenvalue weighted by molar-refractivity contribution is 7.80. The van der Waals surface area contributed by atoms with Crippen LogP contribution < -0.4 is 16.0 Å². The third-order valence-corrected chi connectivity index (χ3v) is 3.31. The molecule has 0 atom stereocenters. The smallest absolute Gasteiger partial charge is 0.292 e. The van der Waals surface area contributed by atoms with Crippen LogP contribution in [-0.4, -0.2) is 9.56 Å². The van der Waals surface area contributed by atoms with Gasteiger partial charge < -0.3 is 15.0 Å².